The van der Waals surface area contributed by atoms with Gasteiger partial charge in [0, 0.05) is 36.7 Å². The number of hydrogen-bond acceptors (Lipinski definition) is 6. The van der Waals surface area contributed by atoms with E-state index in [2.05, 4.69) is 9.97 Å². The summed E-state index contributed by atoms with van der Waals surface area (Å²) in [5.74, 6) is 0.456. The highest BCUT2D eigenvalue weighted by Crippen LogP contribution is 2.25. The third kappa shape index (κ3) is 4.91. The van der Waals surface area contributed by atoms with Crippen LogP contribution in [0.3, 0.4) is 0 Å². The zero-order chi connectivity index (χ0) is 22.6. The van der Waals surface area contributed by atoms with E-state index in [-0.39, 0.29) is 29.7 Å². The average Bonchev–Trinajstić information content (AvgIpc) is 3.31. The fourth-order valence-electron chi connectivity index (χ4n) is 3.59. The Labute approximate surface area is 191 Å². The minimum atomic E-state index is -3.58. The van der Waals surface area contributed by atoms with Crippen molar-refractivity contribution >= 4 is 27.4 Å². The fourth-order valence-corrected chi connectivity index (χ4v) is 5.33. The monoisotopic (exact) mass is 474 g/mol. The van der Waals surface area contributed by atoms with Crippen LogP contribution in [0.2, 0.25) is 5.02 Å². The number of rotatable bonds is 8. The van der Waals surface area contributed by atoms with E-state index >= 15 is 0 Å². The van der Waals surface area contributed by atoms with Gasteiger partial charge in [-0.25, -0.2) is 18.4 Å². The lowest BCUT2D eigenvalue weighted by Crippen LogP contribution is -2.35. The lowest BCUT2D eigenvalue weighted by atomic mass is 10.2. The summed E-state index contributed by atoms with van der Waals surface area (Å²) in [5, 5.41) is 0.380. The maximum atomic E-state index is 12.9. The van der Waals surface area contributed by atoms with Gasteiger partial charge in [0.25, 0.3) is 0 Å². The molecule has 0 unspecified atom stereocenters. The van der Waals surface area contributed by atoms with Gasteiger partial charge in [-0.2, -0.15) is 4.31 Å². The van der Waals surface area contributed by atoms with E-state index in [9.17, 15) is 13.2 Å². The Bertz CT molecular complexity index is 1190. The number of nitrogens with zero attached hydrogens (tertiary/aromatic N) is 4. The van der Waals surface area contributed by atoms with Crippen molar-refractivity contribution in [3.05, 3.63) is 71.4 Å². The number of pyridine rings is 1. The lowest BCUT2D eigenvalue weighted by Gasteiger charge is -2.26. The second-order valence-corrected chi connectivity index (χ2v) is 9.79. The Kier molecular flexibility index (Phi) is 7.00. The van der Waals surface area contributed by atoms with Crippen molar-refractivity contribution in [3.8, 4) is 5.82 Å². The maximum absolute atomic E-state index is 12.9. The quantitative estimate of drug-likeness (QED) is 0.464. The third-order valence-electron chi connectivity index (χ3n) is 5.25. The van der Waals surface area contributed by atoms with Gasteiger partial charge in [-0.05, 0) is 48.7 Å². The van der Waals surface area contributed by atoms with Crippen molar-refractivity contribution < 1.29 is 17.9 Å². The van der Waals surface area contributed by atoms with Crippen molar-refractivity contribution in [3.63, 3.8) is 0 Å². The highest BCUT2D eigenvalue weighted by molar-refractivity contribution is 7.89. The molecule has 0 bridgehead atoms. The van der Waals surface area contributed by atoms with Crippen molar-refractivity contribution in [1.82, 2.24) is 18.8 Å². The molecule has 4 rings (SSSR count). The molecule has 168 valence electrons. The Balaban J connectivity index is 1.43. The zero-order valence-corrected chi connectivity index (χ0v) is 18.9. The van der Waals surface area contributed by atoms with E-state index in [4.69, 9.17) is 16.3 Å². The number of aromatic nitrogens is 3. The number of carbonyl (C=O) groups is 1. The fraction of sp³-hybridized carbons (Fsp3) is 0.318. The molecule has 1 fully saturated rings. The summed E-state index contributed by atoms with van der Waals surface area (Å²) in [5.41, 5.74) is 0.505. The number of ether oxygens (including phenoxy) is 1. The maximum Gasteiger partial charge on any atom is 0.243 e. The topological polar surface area (TPSA) is 94.4 Å². The van der Waals surface area contributed by atoms with E-state index in [0.29, 0.717) is 29.5 Å². The number of benzene rings is 1. The number of ketones is 1. The predicted molar refractivity (Wildman–Crippen MR) is 119 cm³/mol. The summed E-state index contributed by atoms with van der Waals surface area (Å²) in [4.78, 5) is 21.2. The molecule has 0 saturated carbocycles. The molecule has 0 radical (unpaired) electrons. The molecular formula is C22H23ClN4O4S. The molecule has 0 amide bonds. The lowest BCUT2D eigenvalue weighted by molar-refractivity contribution is 0.0714. The molecule has 0 N–H and O–H groups in total. The summed E-state index contributed by atoms with van der Waals surface area (Å²) in [6.45, 7) is 0.809. The smallest absolute Gasteiger partial charge is 0.243 e. The van der Waals surface area contributed by atoms with Gasteiger partial charge in [-0.15, -0.1) is 0 Å². The molecule has 0 atom stereocenters. The van der Waals surface area contributed by atoms with Crippen LogP contribution in [-0.4, -0.2) is 52.7 Å². The summed E-state index contributed by atoms with van der Waals surface area (Å²) >= 11 is 6.25. The number of halogens is 1. The largest absolute Gasteiger partial charge is 0.368 e. The van der Waals surface area contributed by atoms with Gasteiger partial charge in [0.15, 0.2) is 5.82 Å². The van der Waals surface area contributed by atoms with Crippen molar-refractivity contribution in [2.75, 3.05) is 19.7 Å². The van der Waals surface area contributed by atoms with Crippen LogP contribution in [0.5, 0.6) is 0 Å². The van der Waals surface area contributed by atoms with E-state index < -0.39 is 10.0 Å². The molecule has 1 aliphatic rings. The number of sulfonamides is 1. The van der Waals surface area contributed by atoms with Gasteiger partial charge < -0.3 is 4.74 Å². The molecule has 3 aromatic rings. The van der Waals surface area contributed by atoms with E-state index in [1.165, 1.54) is 22.6 Å². The van der Waals surface area contributed by atoms with Crippen LogP contribution < -0.4 is 0 Å². The van der Waals surface area contributed by atoms with Crippen LogP contribution in [-0.2, 0) is 21.4 Å². The molecule has 0 spiro atoms. The van der Waals surface area contributed by atoms with E-state index in [0.717, 1.165) is 19.3 Å². The first kappa shape index (κ1) is 22.6. The van der Waals surface area contributed by atoms with Gasteiger partial charge >= 0.3 is 0 Å². The Morgan fingerprint density at radius 3 is 2.62 bits per heavy atom. The number of Topliss-reactive ketones (excluding diaryl/α,β-unsaturated/α-hetero) is 1. The van der Waals surface area contributed by atoms with Crippen LogP contribution in [0.1, 0.15) is 35.4 Å². The highest BCUT2D eigenvalue weighted by atomic mass is 35.5. The summed E-state index contributed by atoms with van der Waals surface area (Å²) in [7, 11) is -3.58. The van der Waals surface area contributed by atoms with Gasteiger partial charge in [-0.3, -0.25) is 9.36 Å². The SMILES string of the molecule is O=C(COCc1cc(S(=O)(=O)N2CCCCC2)ccc1Cl)c1nccn1-c1ccccn1. The molecule has 1 saturated heterocycles. The molecule has 1 aliphatic heterocycles. The highest BCUT2D eigenvalue weighted by Gasteiger charge is 2.26. The molecule has 10 heteroatoms. The molecule has 32 heavy (non-hydrogen) atoms. The number of imidazole rings is 1. The summed E-state index contributed by atoms with van der Waals surface area (Å²) < 4.78 is 34.5. The minimum absolute atomic E-state index is 0.00176. The van der Waals surface area contributed by atoms with Crippen LogP contribution in [0.25, 0.3) is 5.82 Å². The first-order valence-electron chi connectivity index (χ1n) is 10.3. The first-order chi connectivity index (χ1) is 15.5. The molecular weight excluding hydrogens is 452 g/mol. The molecule has 2 aromatic heterocycles. The number of carbonyl (C=O) groups excluding carboxylic acids is 1. The van der Waals surface area contributed by atoms with Crippen LogP contribution in [0.15, 0.2) is 59.9 Å². The third-order valence-corrected chi connectivity index (χ3v) is 7.51. The standard InChI is InChI=1S/C22H23ClN4O4S/c23-19-8-7-18(32(29,30)26-11-4-1-5-12-26)14-17(19)15-31-16-20(28)22-25-10-13-27(22)21-6-2-3-9-24-21/h2-3,6-10,13-14H,1,4-5,11-12,15-16H2. The van der Waals surface area contributed by atoms with Crippen molar-refractivity contribution in [2.45, 2.75) is 30.8 Å². The van der Waals surface area contributed by atoms with Crippen LogP contribution in [0.4, 0.5) is 0 Å². The van der Waals surface area contributed by atoms with Gasteiger partial charge in [0.2, 0.25) is 15.8 Å². The van der Waals surface area contributed by atoms with E-state index in [1.807, 2.05) is 6.07 Å². The number of hydrogen-bond donors (Lipinski definition) is 0. The normalized spacial score (nSPS) is 15.0. The Morgan fingerprint density at radius 2 is 1.88 bits per heavy atom. The predicted octanol–water partition coefficient (Wildman–Crippen LogP) is 3.49. The molecule has 3 heterocycles. The van der Waals surface area contributed by atoms with Crippen molar-refractivity contribution in [1.29, 1.82) is 0 Å². The van der Waals surface area contributed by atoms with Crippen LogP contribution >= 0.6 is 11.6 Å². The van der Waals surface area contributed by atoms with Gasteiger partial charge in [0.1, 0.15) is 12.4 Å². The summed E-state index contributed by atoms with van der Waals surface area (Å²) in [6, 6.07) is 9.95. The zero-order valence-electron chi connectivity index (χ0n) is 17.4. The minimum Gasteiger partial charge on any atom is -0.368 e. The number of piperidine rings is 1. The molecule has 0 aliphatic carbocycles. The average molecular weight is 475 g/mol. The molecule has 8 nitrogen and oxygen atoms in total. The van der Waals surface area contributed by atoms with Gasteiger partial charge in [0.05, 0.1) is 11.5 Å². The summed E-state index contributed by atoms with van der Waals surface area (Å²) in [6.07, 6.45) is 7.57. The Morgan fingerprint density at radius 1 is 1.06 bits per heavy atom. The van der Waals surface area contributed by atoms with Crippen molar-refractivity contribution in [2.24, 2.45) is 0 Å². The molecule has 1 aromatic carbocycles. The van der Waals surface area contributed by atoms with Crippen LogP contribution in [0, 0.1) is 0 Å². The van der Waals surface area contributed by atoms with Gasteiger partial charge in [-0.1, -0.05) is 24.1 Å². The van der Waals surface area contributed by atoms with E-state index in [1.54, 1.807) is 35.2 Å². The first-order valence-corrected chi connectivity index (χ1v) is 12.1. The Hall–Kier alpha value is -2.59. The second kappa shape index (κ2) is 9.91. The second-order valence-electron chi connectivity index (χ2n) is 7.44.